The lowest BCUT2D eigenvalue weighted by atomic mass is 10.0. The molecular formula is C14H17NO2. The molecule has 17 heavy (non-hydrogen) atoms. The topological polar surface area (TPSA) is 50.1 Å². The van der Waals surface area contributed by atoms with E-state index in [-0.39, 0.29) is 0 Å². The van der Waals surface area contributed by atoms with Crippen LogP contribution in [0.2, 0.25) is 0 Å². The van der Waals surface area contributed by atoms with E-state index in [0.717, 1.165) is 32.1 Å². The smallest absolute Gasteiger partial charge is 0.293 e. The zero-order valence-electron chi connectivity index (χ0n) is 9.89. The van der Waals surface area contributed by atoms with Gasteiger partial charge in [-0.3, -0.25) is 4.79 Å². The second-order valence-corrected chi connectivity index (χ2v) is 3.94. The molecule has 3 nitrogen and oxygen atoms in total. The van der Waals surface area contributed by atoms with Crippen LogP contribution in [0.1, 0.15) is 36.8 Å². The van der Waals surface area contributed by atoms with Crippen molar-refractivity contribution in [2.75, 3.05) is 6.61 Å². The van der Waals surface area contributed by atoms with E-state index in [1.54, 1.807) is 0 Å². The molecule has 3 heteroatoms. The number of unbranched alkanes of at least 4 members (excludes halogenated alkanes) is 3. The van der Waals surface area contributed by atoms with Crippen molar-refractivity contribution in [2.24, 2.45) is 0 Å². The molecule has 0 atom stereocenters. The van der Waals surface area contributed by atoms with E-state index in [4.69, 9.17) is 5.26 Å². The Morgan fingerprint density at radius 1 is 1.12 bits per heavy atom. The van der Waals surface area contributed by atoms with E-state index in [1.807, 2.05) is 24.3 Å². The summed E-state index contributed by atoms with van der Waals surface area (Å²) in [7, 11) is 0. The van der Waals surface area contributed by atoms with Crippen molar-refractivity contribution in [3.8, 4) is 6.07 Å². The van der Waals surface area contributed by atoms with Crippen molar-refractivity contribution < 1.29 is 9.53 Å². The molecule has 0 spiro atoms. The van der Waals surface area contributed by atoms with Gasteiger partial charge in [0.1, 0.15) is 0 Å². The lowest BCUT2D eigenvalue weighted by molar-refractivity contribution is -0.128. The van der Waals surface area contributed by atoms with Crippen LogP contribution in [0.4, 0.5) is 0 Å². The van der Waals surface area contributed by atoms with Gasteiger partial charge < -0.3 is 4.74 Å². The maximum atomic E-state index is 9.89. The maximum absolute atomic E-state index is 9.89. The Morgan fingerprint density at radius 3 is 2.47 bits per heavy atom. The summed E-state index contributed by atoms with van der Waals surface area (Å²) >= 11 is 0. The van der Waals surface area contributed by atoms with Crippen molar-refractivity contribution in [1.29, 1.82) is 5.26 Å². The third-order valence-corrected chi connectivity index (χ3v) is 2.63. The van der Waals surface area contributed by atoms with Gasteiger partial charge in [-0.2, -0.15) is 5.26 Å². The highest BCUT2D eigenvalue weighted by Gasteiger charge is 1.95. The standard InChI is InChI=1S/C14H17NO2/c15-11-14-8-6-13(7-9-14)5-3-1-2-4-10-17-12-16/h6-9,12H,1-5,10H2. The Labute approximate surface area is 102 Å². The Morgan fingerprint density at radius 2 is 1.82 bits per heavy atom. The number of rotatable bonds is 8. The molecule has 0 amide bonds. The zero-order valence-corrected chi connectivity index (χ0v) is 9.89. The van der Waals surface area contributed by atoms with Gasteiger partial charge >= 0.3 is 0 Å². The average molecular weight is 231 g/mol. The molecular weight excluding hydrogens is 214 g/mol. The molecule has 1 aromatic rings. The largest absolute Gasteiger partial charge is 0.468 e. The van der Waals surface area contributed by atoms with Crippen LogP contribution in [-0.2, 0) is 16.0 Å². The first-order valence-electron chi connectivity index (χ1n) is 5.91. The van der Waals surface area contributed by atoms with Gasteiger partial charge in [0.25, 0.3) is 6.47 Å². The Balaban J connectivity index is 2.09. The van der Waals surface area contributed by atoms with E-state index < -0.39 is 0 Å². The van der Waals surface area contributed by atoms with Crippen LogP contribution in [0.3, 0.4) is 0 Å². The van der Waals surface area contributed by atoms with Crippen LogP contribution in [0.15, 0.2) is 24.3 Å². The van der Waals surface area contributed by atoms with E-state index in [2.05, 4.69) is 10.8 Å². The van der Waals surface area contributed by atoms with Crippen LogP contribution in [0, 0.1) is 11.3 Å². The number of nitriles is 1. The first-order valence-corrected chi connectivity index (χ1v) is 5.91. The fourth-order valence-electron chi connectivity index (χ4n) is 1.66. The van der Waals surface area contributed by atoms with Crippen LogP contribution in [-0.4, -0.2) is 13.1 Å². The zero-order chi connectivity index (χ0) is 12.3. The molecule has 1 aromatic carbocycles. The fraction of sp³-hybridized carbons (Fsp3) is 0.429. The molecule has 0 heterocycles. The third-order valence-electron chi connectivity index (χ3n) is 2.63. The summed E-state index contributed by atoms with van der Waals surface area (Å²) in [5, 5.41) is 8.66. The van der Waals surface area contributed by atoms with Gasteiger partial charge in [0.15, 0.2) is 0 Å². The molecule has 0 saturated heterocycles. The van der Waals surface area contributed by atoms with Crippen molar-refractivity contribution in [1.82, 2.24) is 0 Å². The summed E-state index contributed by atoms with van der Waals surface area (Å²) in [6.45, 7) is 1.02. The molecule has 1 rings (SSSR count). The SMILES string of the molecule is N#Cc1ccc(CCCCCCOC=O)cc1. The van der Waals surface area contributed by atoms with Gasteiger partial charge in [0.05, 0.1) is 18.2 Å². The van der Waals surface area contributed by atoms with Crippen molar-refractivity contribution in [2.45, 2.75) is 32.1 Å². The van der Waals surface area contributed by atoms with Gasteiger partial charge in [0, 0.05) is 0 Å². The summed E-state index contributed by atoms with van der Waals surface area (Å²) in [5.74, 6) is 0. The van der Waals surface area contributed by atoms with E-state index >= 15 is 0 Å². The highest BCUT2D eigenvalue weighted by atomic mass is 16.5. The minimum absolute atomic E-state index is 0.497. The van der Waals surface area contributed by atoms with Crippen molar-refractivity contribution >= 4 is 6.47 Å². The highest BCUT2D eigenvalue weighted by molar-refractivity contribution is 5.36. The number of aryl methyl sites for hydroxylation is 1. The molecule has 0 aliphatic carbocycles. The molecule has 0 radical (unpaired) electrons. The first-order chi connectivity index (χ1) is 8.36. The van der Waals surface area contributed by atoms with Crippen molar-refractivity contribution in [3.63, 3.8) is 0 Å². The second kappa shape index (κ2) is 8.35. The fourth-order valence-corrected chi connectivity index (χ4v) is 1.66. The summed E-state index contributed by atoms with van der Waals surface area (Å²) in [6, 6.07) is 9.83. The van der Waals surface area contributed by atoms with Gasteiger partial charge in [-0.15, -0.1) is 0 Å². The number of carbonyl (C=O) groups is 1. The molecule has 0 bridgehead atoms. The molecule has 0 saturated carbocycles. The number of nitrogens with zero attached hydrogens (tertiary/aromatic N) is 1. The van der Waals surface area contributed by atoms with E-state index in [9.17, 15) is 4.79 Å². The molecule has 0 fully saturated rings. The molecule has 0 aromatic heterocycles. The monoisotopic (exact) mass is 231 g/mol. The van der Waals surface area contributed by atoms with Gasteiger partial charge in [-0.25, -0.2) is 0 Å². The summed E-state index contributed by atoms with van der Waals surface area (Å²) in [6.07, 6.45) is 5.34. The van der Waals surface area contributed by atoms with Crippen LogP contribution in [0.25, 0.3) is 0 Å². The summed E-state index contributed by atoms with van der Waals surface area (Å²) < 4.78 is 4.61. The highest BCUT2D eigenvalue weighted by Crippen LogP contribution is 2.09. The number of benzene rings is 1. The number of hydrogen-bond acceptors (Lipinski definition) is 3. The lowest BCUT2D eigenvalue weighted by Crippen LogP contribution is -1.92. The maximum Gasteiger partial charge on any atom is 0.293 e. The lowest BCUT2D eigenvalue weighted by Gasteiger charge is -2.02. The first kappa shape index (κ1) is 13.2. The van der Waals surface area contributed by atoms with Crippen LogP contribution < -0.4 is 0 Å². The van der Waals surface area contributed by atoms with Crippen molar-refractivity contribution in [3.05, 3.63) is 35.4 Å². The van der Waals surface area contributed by atoms with E-state index in [0.29, 0.717) is 18.6 Å². The second-order valence-electron chi connectivity index (χ2n) is 3.94. The minimum Gasteiger partial charge on any atom is -0.468 e. The normalized spacial score (nSPS) is 9.59. The Bertz CT molecular complexity index is 365. The predicted octanol–water partition coefficient (Wildman–Crippen LogP) is 2.83. The summed E-state index contributed by atoms with van der Waals surface area (Å²) in [4.78, 5) is 9.89. The molecule has 0 unspecified atom stereocenters. The van der Waals surface area contributed by atoms with Crippen LogP contribution in [0.5, 0.6) is 0 Å². The van der Waals surface area contributed by atoms with Gasteiger partial charge in [-0.05, 0) is 37.0 Å². The number of hydrogen-bond donors (Lipinski definition) is 0. The average Bonchev–Trinajstić information content (AvgIpc) is 2.38. The molecule has 0 aliphatic heterocycles. The molecule has 0 N–H and O–H groups in total. The molecule has 90 valence electrons. The summed E-state index contributed by atoms with van der Waals surface area (Å²) in [5.41, 5.74) is 1.98. The quantitative estimate of drug-likeness (QED) is 0.510. The Hall–Kier alpha value is -1.82. The number of ether oxygens (including phenoxy) is 1. The van der Waals surface area contributed by atoms with Gasteiger partial charge in [0.2, 0.25) is 0 Å². The van der Waals surface area contributed by atoms with Crippen LogP contribution >= 0.6 is 0 Å². The van der Waals surface area contributed by atoms with Gasteiger partial charge in [-0.1, -0.05) is 25.0 Å². The number of carbonyl (C=O) groups excluding carboxylic acids is 1. The Kier molecular flexibility index (Phi) is 6.50. The van der Waals surface area contributed by atoms with E-state index in [1.165, 1.54) is 5.56 Å². The minimum atomic E-state index is 0.497. The molecule has 0 aliphatic rings. The predicted molar refractivity (Wildman–Crippen MR) is 65.3 cm³/mol. The third kappa shape index (κ3) is 5.72.